The molecule has 0 atom stereocenters. The van der Waals surface area contributed by atoms with Crippen molar-refractivity contribution in [1.29, 1.82) is 0 Å². The fraction of sp³-hybridized carbons (Fsp3) is 0.0625. The minimum absolute atomic E-state index is 0.0364. The second-order valence-corrected chi connectivity index (χ2v) is 5.79. The molecule has 0 N–H and O–H groups in total. The average Bonchev–Trinajstić information content (AvgIpc) is 2.99. The normalized spacial score (nSPS) is 10.7. The summed E-state index contributed by atoms with van der Waals surface area (Å²) in [5.41, 5.74) is 1.73. The smallest absolute Gasteiger partial charge is 0.269 e. The molecule has 0 saturated carbocycles. The number of hydrogen-bond acceptors (Lipinski definition) is 3. The van der Waals surface area contributed by atoms with Crippen LogP contribution in [0.25, 0.3) is 11.4 Å². The highest BCUT2D eigenvalue weighted by molar-refractivity contribution is 9.10. The third kappa shape index (κ3) is 3.29. The van der Waals surface area contributed by atoms with Gasteiger partial charge in [0.1, 0.15) is 11.6 Å². The SMILES string of the molecule is O=[N+]([O-])c1ccc(-c2nccn2Cc2ccc(F)c(Br)c2)cc1. The Labute approximate surface area is 139 Å². The van der Waals surface area contributed by atoms with Gasteiger partial charge in [-0.05, 0) is 45.8 Å². The van der Waals surface area contributed by atoms with Crippen molar-refractivity contribution in [2.75, 3.05) is 0 Å². The summed E-state index contributed by atoms with van der Waals surface area (Å²) in [6.45, 7) is 0.519. The summed E-state index contributed by atoms with van der Waals surface area (Å²) < 4.78 is 15.6. The molecule has 2 aromatic carbocycles. The van der Waals surface area contributed by atoms with Gasteiger partial charge >= 0.3 is 0 Å². The standard InChI is InChI=1S/C16H11BrFN3O2/c17-14-9-11(1-6-15(14)18)10-20-8-7-19-16(20)12-2-4-13(5-3-12)21(22)23/h1-9H,10H2. The minimum atomic E-state index is -0.438. The molecule has 0 aliphatic heterocycles. The fourth-order valence-corrected chi connectivity index (χ4v) is 2.69. The lowest BCUT2D eigenvalue weighted by Gasteiger charge is -2.09. The first-order valence-corrected chi connectivity index (χ1v) is 7.54. The fourth-order valence-electron chi connectivity index (χ4n) is 2.26. The van der Waals surface area contributed by atoms with Crippen LogP contribution in [0.2, 0.25) is 0 Å². The van der Waals surface area contributed by atoms with E-state index in [-0.39, 0.29) is 11.5 Å². The molecule has 0 aliphatic carbocycles. The molecule has 3 rings (SSSR count). The number of benzene rings is 2. The number of rotatable bonds is 4. The Hall–Kier alpha value is -2.54. The van der Waals surface area contributed by atoms with Gasteiger partial charge in [0.25, 0.3) is 5.69 Å². The molecule has 0 fully saturated rings. The maximum atomic E-state index is 13.3. The molecule has 0 unspecified atom stereocenters. The van der Waals surface area contributed by atoms with Crippen LogP contribution in [0.15, 0.2) is 59.3 Å². The van der Waals surface area contributed by atoms with Gasteiger partial charge in [0.05, 0.1) is 9.40 Å². The van der Waals surface area contributed by atoms with E-state index in [2.05, 4.69) is 20.9 Å². The van der Waals surface area contributed by atoms with Gasteiger partial charge in [0.2, 0.25) is 0 Å². The number of imidazole rings is 1. The van der Waals surface area contributed by atoms with Crippen LogP contribution < -0.4 is 0 Å². The van der Waals surface area contributed by atoms with E-state index in [1.54, 1.807) is 30.5 Å². The molecule has 1 heterocycles. The van der Waals surface area contributed by atoms with Crippen LogP contribution in [0.4, 0.5) is 10.1 Å². The second kappa shape index (κ2) is 6.29. The Kier molecular flexibility index (Phi) is 4.20. The van der Waals surface area contributed by atoms with E-state index in [0.717, 1.165) is 11.1 Å². The third-order valence-electron chi connectivity index (χ3n) is 3.39. The molecule has 3 aromatic rings. The lowest BCUT2D eigenvalue weighted by atomic mass is 10.2. The van der Waals surface area contributed by atoms with Crippen LogP contribution in [0, 0.1) is 15.9 Å². The Morgan fingerprint density at radius 1 is 1.22 bits per heavy atom. The van der Waals surface area contributed by atoms with E-state index in [1.165, 1.54) is 18.2 Å². The van der Waals surface area contributed by atoms with Crippen molar-refractivity contribution in [3.63, 3.8) is 0 Å². The van der Waals surface area contributed by atoms with E-state index in [9.17, 15) is 14.5 Å². The highest BCUT2D eigenvalue weighted by Gasteiger charge is 2.10. The van der Waals surface area contributed by atoms with Crippen LogP contribution in [0.1, 0.15) is 5.56 Å². The summed E-state index contributed by atoms with van der Waals surface area (Å²) in [5.74, 6) is 0.385. The molecule has 0 spiro atoms. The molecule has 0 saturated heterocycles. The summed E-state index contributed by atoms with van der Waals surface area (Å²) in [7, 11) is 0. The van der Waals surface area contributed by atoms with Crippen LogP contribution in [-0.4, -0.2) is 14.5 Å². The van der Waals surface area contributed by atoms with Gasteiger partial charge in [-0.1, -0.05) is 6.07 Å². The molecule has 116 valence electrons. The predicted molar refractivity (Wildman–Crippen MR) is 87.5 cm³/mol. The topological polar surface area (TPSA) is 61.0 Å². The third-order valence-corrected chi connectivity index (χ3v) is 4.00. The maximum Gasteiger partial charge on any atom is 0.269 e. The molecular formula is C16H11BrFN3O2. The van der Waals surface area contributed by atoms with E-state index < -0.39 is 4.92 Å². The number of nitro benzene ring substituents is 1. The zero-order valence-electron chi connectivity index (χ0n) is 11.8. The zero-order chi connectivity index (χ0) is 16.4. The summed E-state index contributed by atoms with van der Waals surface area (Å²) in [6, 6.07) is 11.1. The first-order valence-electron chi connectivity index (χ1n) is 6.74. The molecular weight excluding hydrogens is 365 g/mol. The summed E-state index contributed by atoms with van der Waals surface area (Å²) in [5, 5.41) is 10.7. The first kappa shape index (κ1) is 15.4. The van der Waals surface area contributed by atoms with Crippen molar-refractivity contribution < 1.29 is 9.31 Å². The lowest BCUT2D eigenvalue weighted by Crippen LogP contribution is -2.01. The van der Waals surface area contributed by atoms with Gasteiger partial charge in [0, 0.05) is 36.6 Å². The van der Waals surface area contributed by atoms with Gasteiger partial charge in [-0.25, -0.2) is 9.37 Å². The molecule has 1 aromatic heterocycles. The maximum absolute atomic E-state index is 13.3. The molecule has 5 nitrogen and oxygen atoms in total. The van der Waals surface area contributed by atoms with E-state index in [4.69, 9.17) is 0 Å². The summed E-state index contributed by atoms with van der Waals surface area (Å²) >= 11 is 3.17. The highest BCUT2D eigenvalue weighted by atomic mass is 79.9. The molecule has 0 amide bonds. The van der Waals surface area contributed by atoms with E-state index in [1.807, 2.05) is 10.8 Å². The number of hydrogen-bond donors (Lipinski definition) is 0. The highest BCUT2D eigenvalue weighted by Crippen LogP contribution is 2.23. The monoisotopic (exact) mass is 375 g/mol. The van der Waals surface area contributed by atoms with Crippen molar-refractivity contribution in [2.24, 2.45) is 0 Å². The van der Waals surface area contributed by atoms with E-state index in [0.29, 0.717) is 16.8 Å². The lowest BCUT2D eigenvalue weighted by molar-refractivity contribution is -0.384. The number of aromatic nitrogens is 2. The molecule has 0 aliphatic rings. The minimum Gasteiger partial charge on any atom is -0.327 e. The predicted octanol–water partition coefficient (Wildman–Crippen LogP) is 4.41. The quantitative estimate of drug-likeness (QED) is 0.501. The molecule has 0 radical (unpaired) electrons. The molecule has 7 heteroatoms. The van der Waals surface area contributed by atoms with Crippen molar-refractivity contribution in [2.45, 2.75) is 6.54 Å². The van der Waals surface area contributed by atoms with Crippen molar-refractivity contribution >= 4 is 21.6 Å². The molecule has 23 heavy (non-hydrogen) atoms. The Morgan fingerprint density at radius 3 is 2.61 bits per heavy atom. The first-order chi connectivity index (χ1) is 11.0. The van der Waals surface area contributed by atoms with Crippen LogP contribution in [0.3, 0.4) is 0 Å². The van der Waals surface area contributed by atoms with Gasteiger partial charge in [-0.15, -0.1) is 0 Å². The van der Waals surface area contributed by atoms with Crippen LogP contribution in [0.5, 0.6) is 0 Å². The Balaban J connectivity index is 1.89. The van der Waals surface area contributed by atoms with Crippen molar-refractivity contribution in [3.8, 4) is 11.4 Å². The van der Waals surface area contributed by atoms with E-state index >= 15 is 0 Å². The summed E-state index contributed by atoms with van der Waals surface area (Å²) in [4.78, 5) is 14.6. The van der Waals surface area contributed by atoms with Crippen molar-refractivity contribution in [3.05, 3.63) is 80.8 Å². The van der Waals surface area contributed by atoms with Crippen LogP contribution >= 0.6 is 15.9 Å². The van der Waals surface area contributed by atoms with Gasteiger partial charge in [-0.3, -0.25) is 10.1 Å². The van der Waals surface area contributed by atoms with Crippen molar-refractivity contribution in [1.82, 2.24) is 9.55 Å². The van der Waals surface area contributed by atoms with Crippen LogP contribution in [-0.2, 0) is 6.54 Å². The van der Waals surface area contributed by atoms with Gasteiger partial charge < -0.3 is 4.57 Å². The molecule has 0 bridgehead atoms. The number of nitro groups is 1. The largest absolute Gasteiger partial charge is 0.327 e. The Morgan fingerprint density at radius 2 is 1.96 bits per heavy atom. The Bertz CT molecular complexity index is 862. The van der Waals surface area contributed by atoms with Gasteiger partial charge in [-0.2, -0.15) is 0 Å². The zero-order valence-corrected chi connectivity index (χ0v) is 13.4. The number of non-ortho nitro benzene ring substituents is 1. The number of nitrogens with zero attached hydrogens (tertiary/aromatic N) is 3. The van der Waals surface area contributed by atoms with Gasteiger partial charge in [0.15, 0.2) is 0 Å². The number of halogens is 2. The second-order valence-electron chi connectivity index (χ2n) is 4.93. The average molecular weight is 376 g/mol. The summed E-state index contributed by atoms with van der Waals surface area (Å²) in [6.07, 6.45) is 3.48.